The van der Waals surface area contributed by atoms with E-state index >= 15 is 0 Å². The Morgan fingerprint density at radius 3 is 2.68 bits per heavy atom. The van der Waals surface area contributed by atoms with Gasteiger partial charge >= 0.3 is 0 Å². The highest BCUT2D eigenvalue weighted by molar-refractivity contribution is 7.89. The van der Waals surface area contributed by atoms with Crippen molar-refractivity contribution in [1.82, 2.24) is 9.29 Å². The summed E-state index contributed by atoms with van der Waals surface area (Å²) in [6, 6.07) is 11.6. The summed E-state index contributed by atoms with van der Waals surface area (Å²) in [6.45, 7) is 4.20. The molecule has 4 rings (SSSR count). The number of aromatic nitrogens is 1. The summed E-state index contributed by atoms with van der Waals surface area (Å²) in [6.07, 6.45) is 1.18. The summed E-state index contributed by atoms with van der Waals surface area (Å²) in [5.41, 5.74) is 2.54. The van der Waals surface area contributed by atoms with Crippen LogP contribution in [0, 0.1) is 13.8 Å². The fourth-order valence-corrected chi connectivity index (χ4v) is 6.00. The van der Waals surface area contributed by atoms with Crippen LogP contribution in [0.15, 0.2) is 47.4 Å². The molecule has 1 amide bonds. The molecule has 8 heteroatoms. The normalized spacial score (nSPS) is 17.9. The van der Waals surface area contributed by atoms with Crippen molar-refractivity contribution in [2.45, 2.75) is 37.6 Å². The van der Waals surface area contributed by atoms with Gasteiger partial charge in [0, 0.05) is 12.2 Å². The van der Waals surface area contributed by atoms with Crippen LogP contribution in [0.4, 0.5) is 5.69 Å². The zero-order chi connectivity index (χ0) is 19.9. The molecule has 1 aromatic heterocycles. The molecule has 0 aliphatic carbocycles. The van der Waals surface area contributed by atoms with Crippen LogP contribution in [0.2, 0.25) is 0 Å². The van der Waals surface area contributed by atoms with E-state index in [-0.39, 0.29) is 10.8 Å². The van der Waals surface area contributed by atoms with Gasteiger partial charge in [0.2, 0.25) is 15.9 Å². The summed E-state index contributed by atoms with van der Waals surface area (Å²) < 4.78 is 28.4. The minimum atomic E-state index is -3.71. The predicted molar refractivity (Wildman–Crippen MR) is 111 cm³/mol. The standard InChI is InChI=1S/C20H21N3O3S2/c1-13-5-8-16(9-6-13)28(25,26)23-11-3-4-18(23)20(24)22-15-7-10-17-19(12-15)27-14(2)21-17/h5-10,12,18H,3-4,11H2,1-2H3,(H,22,24). The number of nitrogens with zero attached hydrogens (tertiary/aromatic N) is 2. The fourth-order valence-electron chi connectivity index (χ4n) is 3.48. The maximum atomic E-state index is 13.0. The van der Waals surface area contributed by atoms with Crippen LogP contribution in [0.1, 0.15) is 23.4 Å². The zero-order valence-electron chi connectivity index (χ0n) is 15.7. The van der Waals surface area contributed by atoms with Gasteiger partial charge in [0.25, 0.3) is 0 Å². The summed E-state index contributed by atoms with van der Waals surface area (Å²) in [5, 5.41) is 3.84. The number of hydrogen-bond donors (Lipinski definition) is 1. The fraction of sp³-hybridized carbons (Fsp3) is 0.300. The molecule has 3 aromatic rings. The highest BCUT2D eigenvalue weighted by atomic mass is 32.2. The Bertz CT molecular complexity index is 1140. The van der Waals surface area contributed by atoms with E-state index in [2.05, 4.69) is 10.3 Å². The molecular weight excluding hydrogens is 394 g/mol. The van der Waals surface area contributed by atoms with E-state index in [1.165, 1.54) is 4.31 Å². The van der Waals surface area contributed by atoms with Gasteiger partial charge in [-0.25, -0.2) is 13.4 Å². The number of carbonyl (C=O) groups excluding carboxylic acids is 1. The van der Waals surface area contributed by atoms with Crippen molar-refractivity contribution in [1.29, 1.82) is 0 Å². The predicted octanol–water partition coefficient (Wildman–Crippen LogP) is 3.70. The van der Waals surface area contributed by atoms with Crippen LogP contribution >= 0.6 is 11.3 Å². The minimum absolute atomic E-state index is 0.222. The molecule has 1 fully saturated rings. The molecule has 1 atom stereocenters. The van der Waals surface area contributed by atoms with E-state index in [9.17, 15) is 13.2 Å². The highest BCUT2D eigenvalue weighted by Gasteiger charge is 2.39. The molecular formula is C20H21N3O3S2. The molecule has 0 spiro atoms. The lowest BCUT2D eigenvalue weighted by atomic mass is 10.2. The maximum absolute atomic E-state index is 13.0. The Kier molecular flexibility index (Phi) is 4.95. The SMILES string of the molecule is Cc1ccc(S(=O)(=O)N2CCCC2C(=O)Nc2ccc3nc(C)sc3c2)cc1. The maximum Gasteiger partial charge on any atom is 0.243 e. The summed E-state index contributed by atoms with van der Waals surface area (Å²) in [4.78, 5) is 17.5. The number of sulfonamides is 1. The molecule has 2 heterocycles. The third kappa shape index (κ3) is 3.55. The topological polar surface area (TPSA) is 79.4 Å². The highest BCUT2D eigenvalue weighted by Crippen LogP contribution is 2.29. The molecule has 6 nitrogen and oxygen atoms in total. The summed E-state index contributed by atoms with van der Waals surface area (Å²) >= 11 is 1.56. The van der Waals surface area contributed by atoms with Crippen LogP contribution in [0.3, 0.4) is 0 Å². The number of amides is 1. The van der Waals surface area contributed by atoms with Crippen LogP contribution in [0.25, 0.3) is 10.2 Å². The van der Waals surface area contributed by atoms with E-state index in [0.29, 0.717) is 25.1 Å². The summed E-state index contributed by atoms with van der Waals surface area (Å²) in [7, 11) is -3.71. The van der Waals surface area contributed by atoms with Gasteiger partial charge in [-0.3, -0.25) is 4.79 Å². The summed E-state index contributed by atoms with van der Waals surface area (Å²) in [5.74, 6) is -0.297. The lowest BCUT2D eigenvalue weighted by molar-refractivity contribution is -0.119. The number of hydrogen-bond acceptors (Lipinski definition) is 5. The van der Waals surface area contributed by atoms with Crippen molar-refractivity contribution in [3.63, 3.8) is 0 Å². The van der Waals surface area contributed by atoms with Gasteiger partial charge in [-0.1, -0.05) is 17.7 Å². The number of aryl methyl sites for hydroxylation is 2. The lowest BCUT2D eigenvalue weighted by Gasteiger charge is -2.23. The molecule has 1 N–H and O–H groups in total. The van der Waals surface area contributed by atoms with E-state index < -0.39 is 16.1 Å². The smallest absolute Gasteiger partial charge is 0.243 e. The van der Waals surface area contributed by atoms with Gasteiger partial charge in [0.15, 0.2) is 0 Å². The number of benzene rings is 2. The van der Waals surface area contributed by atoms with Crippen LogP contribution in [0.5, 0.6) is 0 Å². The number of rotatable bonds is 4. The van der Waals surface area contributed by atoms with Gasteiger partial charge in [-0.15, -0.1) is 11.3 Å². The first kappa shape index (κ1) is 19.0. The number of anilines is 1. The molecule has 1 saturated heterocycles. The number of carbonyl (C=O) groups is 1. The quantitative estimate of drug-likeness (QED) is 0.705. The average molecular weight is 416 g/mol. The molecule has 0 radical (unpaired) electrons. The van der Waals surface area contributed by atoms with E-state index in [1.807, 2.05) is 26.0 Å². The van der Waals surface area contributed by atoms with Crippen molar-refractivity contribution in [2.24, 2.45) is 0 Å². The lowest BCUT2D eigenvalue weighted by Crippen LogP contribution is -2.43. The molecule has 2 aromatic carbocycles. The minimum Gasteiger partial charge on any atom is -0.325 e. The Balaban J connectivity index is 1.56. The largest absolute Gasteiger partial charge is 0.325 e. The molecule has 0 bridgehead atoms. The van der Waals surface area contributed by atoms with Crippen LogP contribution in [-0.2, 0) is 14.8 Å². The number of fused-ring (bicyclic) bond motifs is 1. The monoisotopic (exact) mass is 415 g/mol. The van der Waals surface area contributed by atoms with Crippen molar-refractivity contribution in [3.8, 4) is 0 Å². The van der Waals surface area contributed by atoms with Crippen molar-refractivity contribution >= 4 is 43.2 Å². The van der Waals surface area contributed by atoms with Gasteiger partial charge in [0.05, 0.1) is 20.1 Å². The van der Waals surface area contributed by atoms with Gasteiger partial charge in [0.1, 0.15) is 6.04 Å². The van der Waals surface area contributed by atoms with E-state index in [4.69, 9.17) is 0 Å². The van der Waals surface area contributed by atoms with Crippen LogP contribution in [-0.4, -0.2) is 36.2 Å². The number of thiazole rings is 1. The molecule has 0 saturated carbocycles. The molecule has 1 aliphatic rings. The first-order chi connectivity index (χ1) is 13.3. The van der Waals surface area contributed by atoms with E-state index in [0.717, 1.165) is 20.8 Å². The molecule has 1 unspecified atom stereocenters. The average Bonchev–Trinajstić information content (AvgIpc) is 3.28. The first-order valence-electron chi connectivity index (χ1n) is 9.11. The third-order valence-electron chi connectivity index (χ3n) is 4.90. The van der Waals surface area contributed by atoms with Crippen LogP contribution < -0.4 is 5.32 Å². The third-order valence-corrected chi connectivity index (χ3v) is 7.75. The Morgan fingerprint density at radius 2 is 1.93 bits per heavy atom. The number of nitrogens with one attached hydrogen (secondary N) is 1. The van der Waals surface area contributed by atoms with Gasteiger partial charge < -0.3 is 5.32 Å². The molecule has 28 heavy (non-hydrogen) atoms. The van der Waals surface area contributed by atoms with E-state index in [1.54, 1.807) is 41.7 Å². The molecule has 146 valence electrons. The van der Waals surface area contributed by atoms with Gasteiger partial charge in [-0.2, -0.15) is 4.31 Å². The second-order valence-corrected chi connectivity index (χ2v) is 10.1. The first-order valence-corrected chi connectivity index (χ1v) is 11.4. The zero-order valence-corrected chi connectivity index (χ0v) is 17.3. The second-order valence-electron chi connectivity index (χ2n) is 6.99. The van der Waals surface area contributed by atoms with Gasteiger partial charge in [-0.05, 0) is 57.0 Å². The Hall–Kier alpha value is -2.29. The Morgan fingerprint density at radius 1 is 1.18 bits per heavy atom. The molecule has 1 aliphatic heterocycles. The van der Waals surface area contributed by atoms with Crippen molar-refractivity contribution in [3.05, 3.63) is 53.0 Å². The van der Waals surface area contributed by atoms with Crippen molar-refractivity contribution in [2.75, 3.05) is 11.9 Å². The second kappa shape index (κ2) is 7.27. The van der Waals surface area contributed by atoms with Crippen molar-refractivity contribution < 1.29 is 13.2 Å². The Labute approximate surface area is 168 Å².